The molecule has 0 spiro atoms. The summed E-state index contributed by atoms with van der Waals surface area (Å²) in [5.74, 6) is 0. The smallest absolute Gasteiger partial charge is 0.0606 e. The second-order valence-corrected chi connectivity index (χ2v) is 4.58. The molecule has 4 heteroatoms. The highest BCUT2D eigenvalue weighted by atomic mass is 16.3. The Balaban J connectivity index is 2.46. The van der Waals surface area contributed by atoms with Gasteiger partial charge in [0.25, 0.3) is 0 Å². The molecule has 20 heavy (non-hydrogen) atoms. The summed E-state index contributed by atoms with van der Waals surface area (Å²) in [4.78, 5) is 1.96. The third-order valence-electron chi connectivity index (χ3n) is 3.19. The van der Waals surface area contributed by atoms with Gasteiger partial charge in [-0.3, -0.25) is 0 Å². The minimum atomic E-state index is 0.0403. The van der Waals surface area contributed by atoms with Crippen LogP contribution in [-0.4, -0.2) is 36.5 Å². The van der Waals surface area contributed by atoms with Gasteiger partial charge in [-0.25, -0.2) is 0 Å². The largest absolute Gasteiger partial charge is 0.399 e. The normalized spacial score (nSPS) is 10.5. The molecule has 0 amide bonds. The van der Waals surface area contributed by atoms with Crippen LogP contribution in [0.4, 0.5) is 11.4 Å². The lowest BCUT2D eigenvalue weighted by molar-refractivity contribution is 0.281. The zero-order valence-electron chi connectivity index (χ0n) is 11.4. The van der Waals surface area contributed by atoms with Gasteiger partial charge in [0.15, 0.2) is 0 Å². The molecule has 0 aliphatic rings. The first-order valence-electron chi connectivity index (χ1n) is 6.68. The first-order chi connectivity index (χ1) is 9.76. The van der Waals surface area contributed by atoms with Gasteiger partial charge in [0.1, 0.15) is 0 Å². The molecule has 0 aliphatic heterocycles. The first-order valence-corrected chi connectivity index (χ1v) is 6.68. The molecule has 0 atom stereocenters. The van der Waals surface area contributed by atoms with Crippen molar-refractivity contribution in [2.24, 2.45) is 0 Å². The number of hydrogen-bond donors (Lipinski definition) is 3. The van der Waals surface area contributed by atoms with Crippen molar-refractivity contribution in [1.29, 1.82) is 0 Å². The molecule has 0 heterocycles. The van der Waals surface area contributed by atoms with Crippen molar-refractivity contribution in [1.82, 2.24) is 0 Å². The Bertz CT molecular complexity index is 537. The predicted molar refractivity (Wildman–Crippen MR) is 82.7 cm³/mol. The molecule has 0 unspecified atom stereocenters. The Morgan fingerprint density at radius 1 is 0.900 bits per heavy atom. The summed E-state index contributed by atoms with van der Waals surface area (Å²) < 4.78 is 0. The maximum atomic E-state index is 9.19. The lowest BCUT2D eigenvalue weighted by Crippen LogP contribution is -2.30. The van der Waals surface area contributed by atoms with Crippen molar-refractivity contribution in [2.45, 2.75) is 0 Å². The third kappa shape index (κ3) is 3.29. The monoisotopic (exact) mass is 272 g/mol. The summed E-state index contributed by atoms with van der Waals surface area (Å²) in [5, 5.41) is 18.4. The number of benzene rings is 2. The van der Waals surface area contributed by atoms with E-state index < -0.39 is 0 Å². The molecule has 4 nitrogen and oxygen atoms in total. The first kappa shape index (κ1) is 14.4. The van der Waals surface area contributed by atoms with E-state index in [4.69, 9.17) is 5.73 Å². The van der Waals surface area contributed by atoms with E-state index in [-0.39, 0.29) is 13.2 Å². The minimum absolute atomic E-state index is 0.0403. The molecule has 0 saturated carbocycles. The Morgan fingerprint density at radius 3 is 2.15 bits per heavy atom. The van der Waals surface area contributed by atoms with Crippen molar-refractivity contribution in [2.75, 3.05) is 36.9 Å². The third-order valence-corrected chi connectivity index (χ3v) is 3.19. The summed E-state index contributed by atoms with van der Waals surface area (Å²) in [6.07, 6.45) is 0. The molecule has 0 bridgehead atoms. The SMILES string of the molecule is Nc1ccc(N(CCO)CCO)c(-c2ccccc2)c1. The van der Waals surface area contributed by atoms with Crippen LogP contribution in [0.1, 0.15) is 0 Å². The summed E-state index contributed by atoms with van der Waals surface area (Å²) in [6.45, 7) is 1.03. The van der Waals surface area contributed by atoms with Gasteiger partial charge in [0, 0.05) is 30.0 Å². The fraction of sp³-hybridized carbons (Fsp3) is 0.250. The van der Waals surface area contributed by atoms with Crippen molar-refractivity contribution >= 4 is 11.4 Å². The van der Waals surface area contributed by atoms with E-state index in [9.17, 15) is 10.2 Å². The average Bonchev–Trinajstić information content (AvgIpc) is 2.48. The number of hydrogen-bond acceptors (Lipinski definition) is 4. The number of nitrogens with two attached hydrogens (primary N) is 1. The van der Waals surface area contributed by atoms with Gasteiger partial charge in [-0.15, -0.1) is 0 Å². The average molecular weight is 272 g/mol. The van der Waals surface area contributed by atoms with Crippen LogP contribution in [0.3, 0.4) is 0 Å². The summed E-state index contributed by atoms with van der Waals surface area (Å²) in [6, 6.07) is 15.7. The van der Waals surface area contributed by atoms with Crippen LogP contribution in [0.2, 0.25) is 0 Å². The number of aliphatic hydroxyl groups excluding tert-OH is 2. The maximum Gasteiger partial charge on any atom is 0.0606 e. The molecule has 0 saturated heterocycles. The molecule has 106 valence electrons. The summed E-state index contributed by atoms with van der Waals surface area (Å²) >= 11 is 0. The van der Waals surface area contributed by atoms with E-state index in [0.717, 1.165) is 16.8 Å². The minimum Gasteiger partial charge on any atom is -0.399 e. The zero-order chi connectivity index (χ0) is 14.4. The van der Waals surface area contributed by atoms with Gasteiger partial charge in [-0.2, -0.15) is 0 Å². The molecule has 0 aliphatic carbocycles. The Labute approximate surface area is 119 Å². The van der Waals surface area contributed by atoms with Gasteiger partial charge < -0.3 is 20.8 Å². The van der Waals surface area contributed by atoms with Crippen molar-refractivity contribution < 1.29 is 10.2 Å². The topological polar surface area (TPSA) is 69.7 Å². The molecule has 0 aromatic heterocycles. The quantitative estimate of drug-likeness (QED) is 0.700. The van der Waals surface area contributed by atoms with Crippen LogP contribution in [-0.2, 0) is 0 Å². The van der Waals surface area contributed by atoms with E-state index in [1.807, 2.05) is 53.4 Å². The second-order valence-electron chi connectivity index (χ2n) is 4.58. The molecular weight excluding hydrogens is 252 g/mol. The van der Waals surface area contributed by atoms with E-state index >= 15 is 0 Å². The predicted octanol–water partition coefficient (Wildman–Crippen LogP) is 1.73. The van der Waals surface area contributed by atoms with Crippen LogP contribution in [0.5, 0.6) is 0 Å². The van der Waals surface area contributed by atoms with Crippen LogP contribution < -0.4 is 10.6 Å². The number of aliphatic hydroxyl groups is 2. The number of nitrogen functional groups attached to an aromatic ring is 1. The van der Waals surface area contributed by atoms with Crippen molar-refractivity contribution in [3.63, 3.8) is 0 Å². The molecule has 0 fully saturated rings. The summed E-state index contributed by atoms with van der Waals surface area (Å²) in [5.41, 5.74) is 9.63. The number of anilines is 2. The fourth-order valence-corrected chi connectivity index (χ4v) is 2.27. The highest BCUT2D eigenvalue weighted by molar-refractivity contribution is 5.81. The van der Waals surface area contributed by atoms with Gasteiger partial charge >= 0.3 is 0 Å². The Morgan fingerprint density at radius 2 is 1.55 bits per heavy atom. The van der Waals surface area contributed by atoms with E-state index in [1.165, 1.54) is 0 Å². The zero-order valence-corrected chi connectivity index (χ0v) is 11.4. The lowest BCUT2D eigenvalue weighted by atomic mass is 10.0. The summed E-state index contributed by atoms with van der Waals surface area (Å²) in [7, 11) is 0. The highest BCUT2D eigenvalue weighted by Gasteiger charge is 2.12. The van der Waals surface area contributed by atoms with Crippen molar-refractivity contribution in [3.05, 3.63) is 48.5 Å². The van der Waals surface area contributed by atoms with Crippen LogP contribution in [0, 0.1) is 0 Å². The Kier molecular flexibility index (Phi) is 4.98. The van der Waals surface area contributed by atoms with Gasteiger partial charge in [-0.1, -0.05) is 30.3 Å². The molecule has 0 radical (unpaired) electrons. The molecule has 4 N–H and O–H groups in total. The van der Waals surface area contributed by atoms with Crippen molar-refractivity contribution in [3.8, 4) is 11.1 Å². The highest BCUT2D eigenvalue weighted by Crippen LogP contribution is 2.32. The standard InChI is InChI=1S/C16H20N2O2/c17-14-6-7-16(18(8-10-19)9-11-20)15(12-14)13-4-2-1-3-5-13/h1-7,12,19-20H,8-11,17H2. The lowest BCUT2D eigenvalue weighted by Gasteiger charge is -2.26. The van der Waals surface area contributed by atoms with Gasteiger partial charge in [0.05, 0.1) is 13.2 Å². The van der Waals surface area contributed by atoms with Crippen LogP contribution in [0.25, 0.3) is 11.1 Å². The van der Waals surface area contributed by atoms with Gasteiger partial charge in [-0.05, 0) is 23.8 Å². The fourth-order valence-electron chi connectivity index (χ4n) is 2.27. The van der Waals surface area contributed by atoms with E-state index in [2.05, 4.69) is 0 Å². The maximum absolute atomic E-state index is 9.19. The second kappa shape index (κ2) is 6.93. The molecule has 2 aromatic rings. The Hall–Kier alpha value is -2.04. The molecular formula is C16H20N2O2. The molecule has 2 rings (SSSR count). The van der Waals surface area contributed by atoms with E-state index in [1.54, 1.807) is 0 Å². The van der Waals surface area contributed by atoms with Gasteiger partial charge in [0.2, 0.25) is 0 Å². The number of nitrogens with zero attached hydrogens (tertiary/aromatic N) is 1. The number of rotatable bonds is 6. The van der Waals surface area contributed by atoms with E-state index in [0.29, 0.717) is 18.8 Å². The van der Waals surface area contributed by atoms with Crippen LogP contribution >= 0.6 is 0 Å². The van der Waals surface area contributed by atoms with Crippen LogP contribution in [0.15, 0.2) is 48.5 Å². The molecule has 2 aromatic carbocycles.